The highest BCUT2D eigenvalue weighted by molar-refractivity contribution is 5.19. The number of nitrogens with zero attached hydrogens (tertiary/aromatic N) is 1. The molecule has 1 heteroatoms. The zero-order valence-corrected chi connectivity index (χ0v) is 6.40. The standard InChI is InChI=1S/C10H11N/c1-3-9(4-2)10-7-5-6-8-11-10/h3-9H,1-2H2. The van der Waals surface area contributed by atoms with Crippen LogP contribution in [0.2, 0.25) is 0 Å². The molecule has 0 spiro atoms. The Morgan fingerprint density at radius 2 is 2.00 bits per heavy atom. The van der Waals surface area contributed by atoms with Gasteiger partial charge in [0.2, 0.25) is 0 Å². The quantitative estimate of drug-likeness (QED) is 0.595. The molecule has 0 bridgehead atoms. The Labute approximate surface area is 67.1 Å². The number of rotatable bonds is 3. The Hall–Kier alpha value is -1.37. The smallest absolute Gasteiger partial charge is 0.0509 e. The topological polar surface area (TPSA) is 12.9 Å². The number of hydrogen-bond donors (Lipinski definition) is 0. The van der Waals surface area contributed by atoms with Gasteiger partial charge >= 0.3 is 0 Å². The molecule has 0 fully saturated rings. The number of aromatic nitrogens is 1. The van der Waals surface area contributed by atoms with E-state index in [1.165, 1.54) is 0 Å². The molecule has 0 aliphatic carbocycles. The maximum Gasteiger partial charge on any atom is 0.0509 e. The largest absolute Gasteiger partial charge is 0.260 e. The summed E-state index contributed by atoms with van der Waals surface area (Å²) in [5.74, 6) is 0.177. The molecule has 0 aliphatic rings. The first kappa shape index (κ1) is 7.73. The maximum absolute atomic E-state index is 4.18. The van der Waals surface area contributed by atoms with E-state index >= 15 is 0 Å². The zero-order valence-electron chi connectivity index (χ0n) is 6.40. The molecule has 0 aliphatic heterocycles. The van der Waals surface area contributed by atoms with Crippen LogP contribution in [0.15, 0.2) is 49.7 Å². The summed E-state index contributed by atoms with van der Waals surface area (Å²) >= 11 is 0. The van der Waals surface area contributed by atoms with Gasteiger partial charge in [0.15, 0.2) is 0 Å². The van der Waals surface area contributed by atoms with Gasteiger partial charge in [-0.25, -0.2) is 0 Å². The van der Waals surface area contributed by atoms with Crippen LogP contribution in [-0.2, 0) is 0 Å². The van der Waals surface area contributed by atoms with Crippen molar-refractivity contribution in [3.63, 3.8) is 0 Å². The third kappa shape index (κ3) is 1.77. The van der Waals surface area contributed by atoms with E-state index < -0.39 is 0 Å². The Morgan fingerprint density at radius 1 is 1.27 bits per heavy atom. The van der Waals surface area contributed by atoms with E-state index in [0.717, 1.165) is 5.69 Å². The molecule has 1 heterocycles. The summed E-state index contributed by atoms with van der Waals surface area (Å²) in [5.41, 5.74) is 0.998. The fourth-order valence-electron chi connectivity index (χ4n) is 0.911. The van der Waals surface area contributed by atoms with Crippen molar-refractivity contribution in [1.29, 1.82) is 0 Å². The molecule has 11 heavy (non-hydrogen) atoms. The predicted octanol–water partition coefficient (Wildman–Crippen LogP) is 2.54. The molecule has 0 unspecified atom stereocenters. The molecular weight excluding hydrogens is 134 g/mol. The third-order valence-corrected chi connectivity index (χ3v) is 1.54. The van der Waals surface area contributed by atoms with Gasteiger partial charge in [0, 0.05) is 12.1 Å². The predicted molar refractivity (Wildman–Crippen MR) is 47.4 cm³/mol. The minimum Gasteiger partial charge on any atom is -0.260 e. The summed E-state index contributed by atoms with van der Waals surface area (Å²) in [6, 6.07) is 5.82. The second kappa shape index (κ2) is 3.71. The fraction of sp³-hybridized carbons (Fsp3) is 0.100. The van der Waals surface area contributed by atoms with E-state index in [1.807, 2.05) is 30.4 Å². The summed E-state index contributed by atoms with van der Waals surface area (Å²) in [6.45, 7) is 7.39. The average molecular weight is 145 g/mol. The fourth-order valence-corrected chi connectivity index (χ4v) is 0.911. The van der Waals surface area contributed by atoms with Crippen molar-refractivity contribution in [2.24, 2.45) is 0 Å². The van der Waals surface area contributed by atoms with Crippen molar-refractivity contribution in [3.05, 3.63) is 55.4 Å². The molecule has 0 atom stereocenters. The molecule has 0 N–H and O–H groups in total. The van der Waals surface area contributed by atoms with Gasteiger partial charge in [-0.15, -0.1) is 13.2 Å². The van der Waals surface area contributed by atoms with Crippen LogP contribution < -0.4 is 0 Å². The van der Waals surface area contributed by atoms with Crippen LogP contribution in [-0.4, -0.2) is 4.98 Å². The van der Waals surface area contributed by atoms with Gasteiger partial charge in [0.25, 0.3) is 0 Å². The van der Waals surface area contributed by atoms with Crippen molar-refractivity contribution in [2.45, 2.75) is 5.92 Å². The molecule has 56 valence electrons. The highest BCUT2D eigenvalue weighted by Gasteiger charge is 2.00. The van der Waals surface area contributed by atoms with E-state index in [2.05, 4.69) is 18.1 Å². The number of allylic oxidation sites excluding steroid dienone is 2. The third-order valence-electron chi connectivity index (χ3n) is 1.54. The van der Waals surface area contributed by atoms with Gasteiger partial charge in [-0.1, -0.05) is 18.2 Å². The van der Waals surface area contributed by atoms with Gasteiger partial charge in [0.1, 0.15) is 0 Å². The molecule has 0 saturated carbocycles. The van der Waals surface area contributed by atoms with E-state index in [9.17, 15) is 0 Å². The first-order valence-corrected chi connectivity index (χ1v) is 3.54. The second-order valence-electron chi connectivity index (χ2n) is 2.25. The molecule has 0 aromatic carbocycles. The highest BCUT2D eigenvalue weighted by Crippen LogP contribution is 2.13. The van der Waals surface area contributed by atoms with Crippen molar-refractivity contribution in [2.75, 3.05) is 0 Å². The lowest BCUT2D eigenvalue weighted by atomic mass is 10.1. The van der Waals surface area contributed by atoms with Gasteiger partial charge < -0.3 is 0 Å². The Bertz CT molecular complexity index is 230. The highest BCUT2D eigenvalue weighted by atomic mass is 14.7. The van der Waals surface area contributed by atoms with Crippen LogP contribution in [0, 0.1) is 0 Å². The van der Waals surface area contributed by atoms with E-state index in [4.69, 9.17) is 0 Å². The molecule has 1 rings (SSSR count). The van der Waals surface area contributed by atoms with E-state index in [-0.39, 0.29) is 5.92 Å². The lowest BCUT2D eigenvalue weighted by molar-refractivity contribution is 0.999. The van der Waals surface area contributed by atoms with Crippen molar-refractivity contribution in [1.82, 2.24) is 4.98 Å². The van der Waals surface area contributed by atoms with Gasteiger partial charge in [-0.05, 0) is 12.1 Å². The lowest BCUT2D eigenvalue weighted by Gasteiger charge is -2.03. The summed E-state index contributed by atoms with van der Waals surface area (Å²) in [6.07, 6.45) is 5.43. The molecular formula is C10H11N. The molecule has 0 saturated heterocycles. The van der Waals surface area contributed by atoms with E-state index in [0.29, 0.717) is 0 Å². The van der Waals surface area contributed by atoms with Crippen LogP contribution in [0.3, 0.4) is 0 Å². The first-order valence-electron chi connectivity index (χ1n) is 3.54. The molecule has 0 amide bonds. The monoisotopic (exact) mass is 145 g/mol. The molecule has 1 nitrogen and oxygen atoms in total. The zero-order chi connectivity index (χ0) is 8.10. The Kier molecular flexibility index (Phi) is 2.61. The van der Waals surface area contributed by atoms with E-state index in [1.54, 1.807) is 6.20 Å². The van der Waals surface area contributed by atoms with Crippen molar-refractivity contribution >= 4 is 0 Å². The number of pyridine rings is 1. The first-order chi connectivity index (χ1) is 5.38. The Balaban J connectivity index is 2.90. The van der Waals surface area contributed by atoms with Crippen molar-refractivity contribution in [3.8, 4) is 0 Å². The average Bonchev–Trinajstić information content (AvgIpc) is 2.09. The Morgan fingerprint density at radius 3 is 2.45 bits per heavy atom. The molecule has 1 aromatic heterocycles. The maximum atomic E-state index is 4.18. The van der Waals surface area contributed by atoms with Gasteiger partial charge in [-0.3, -0.25) is 4.98 Å². The summed E-state index contributed by atoms with van der Waals surface area (Å²) in [4.78, 5) is 4.18. The van der Waals surface area contributed by atoms with Crippen LogP contribution >= 0.6 is 0 Å². The normalized spacial score (nSPS) is 9.55. The summed E-state index contributed by atoms with van der Waals surface area (Å²) in [7, 11) is 0. The van der Waals surface area contributed by atoms with Crippen molar-refractivity contribution < 1.29 is 0 Å². The van der Waals surface area contributed by atoms with Crippen LogP contribution in [0.4, 0.5) is 0 Å². The summed E-state index contributed by atoms with van der Waals surface area (Å²) in [5, 5.41) is 0. The SMILES string of the molecule is C=CC(C=C)c1ccccn1. The van der Waals surface area contributed by atoms with Crippen LogP contribution in [0.25, 0.3) is 0 Å². The lowest BCUT2D eigenvalue weighted by Crippen LogP contribution is -1.92. The van der Waals surface area contributed by atoms with Crippen LogP contribution in [0.5, 0.6) is 0 Å². The van der Waals surface area contributed by atoms with Crippen LogP contribution in [0.1, 0.15) is 11.6 Å². The second-order valence-corrected chi connectivity index (χ2v) is 2.25. The molecule has 1 aromatic rings. The van der Waals surface area contributed by atoms with Gasteiger partial charge in [-0.2, -0.15) is 0 Å². The van der Waals surface area contributed by atoms with Gasteiger partial charge in [0.05, 0.1) is 5.69 Å². The minimum atomic E-state index is 0.177. The minimum absolute atomic E-state index is 0.177. The number of hydrogen-bond acceptors (Lipinski definition) is 1. The summed E-state index contributed by atoms with van der Waals surface area (Å²) < 4.78 is 0. The molecule has 0 radical (unpaired) electrons.